The van der Waals surface area contributed by atoms with Crippen molar-refractivity contribution >= 4 is 16.9 Å². The van der Waals surface area contributed by atoms with Gasteiger partial charge in [0.15, 0.2) is 0 Å². The molecular weight excluding hydrogens is 376 g/mol. The van der Waals surface area contributed by atoms with Gasteiger partial charge in [-0.15, -0.1) is 0 Å². The summed E-state index contributed by atoms with van der Waals surface area (Å²) in [6.45, 7) is 7.07. The number of aryl methyl sites for hydroxylation is 2. The van der Waals surface area contributed by atoms with Crippen LogP contribution in [0.1, 0.15) is 41.1 Å². The molecule has 0 saturated carbocycles. The fraction of sp³-hybridized carbons (Fsp3) is 0.400. The second kappa shape index (κ2) is 8.92. The van der Waals surface area contributed by atoms with Gasteiger partial charge in [-0.2, -0.15) is 0 Å². The Bertz CT molecular complexity index is 1020. The first kappa shape index (κ1) is 20.5. The maximum atomic E-state index is 12.8. The van der Waals surface area contributed by atoms with Gasteiger partial charge in [-0.05, 0) is 49.2 Å². The number of quaternary nitrogens is 1. The largest absolute Gasteiger partial charge is 0.497 e. The van der Waals surface area contributed by atoms with Crippen LogP contribution in [0.5, 0.6) is 5.75 Å². The third kappa shape index (κ3) is 4.21. The molecule has 2 heterocycles. The zero-order chi connectivity index (χ0) is 21.1. The van der Waals surface area contributed by atoms with Crippen molar-refractivity contribution in [2.75, 3.05) is 26.7 Å². The Labute approximate surface area is 178 Å². The number of hydrogen-bond donors (Lipinski definition) is 2. The quantitative estimate of drug-likeness (QED) is 0.633. The lowest BCUT2D eigenvalue weighted by molar-refractivity contribution is -0.918. The third-order valence-corrected chi connectivity index (χ3v) is 6.45. The maximum Gasteiger partial charge on any atom is 0.224 e. The predicted octanol–water partition coefficient (Wildman–Crippen LogP) is 3.14. The smallest absolute Gasteiger partial charge is 0.224 e. The van der Waals surface area contributed by atoms with E-state index in [1.54, 1.807) is 18.3 Å². The molecule has 1 amide bonds. The summed E-state index contributed by atoms with van der Waals surface area (Å²) in [6, 6.07) is 12.6. The van der Waals surface area contributed by atoms with E-state index in [1.807, 2.05) is 12.1 Å². The van der Waals surface area contributed by atoms with Gasteiger partial charge >= 0.3 is 0 Å². The van der Waals surface area contributed by atoms with Gasteiger partial charge in [0.1, 0.15) is 17.4 Å². The molecule has 1 atom stereocenters. The molecule has 0 spiro atoms. The third-order valence-electron chi connectivity index (χ3n) is 6.45. The van der Waals surface area contributed by atoms with Crippen LogP contribution in [-0.2, 0) is 11.2 Å². The van der Waals surface area contributed by atoms with Crippen molar-refractivity contribution in [1.82, 2.24) is 5.32 Å². The first-order valence-corrected chi connectivity index (χ1v) is 10.8. The minimum atomic E-state index is 0.0352. The number of hydrogen-bond acceptors (Lipinski definition) is 3. The standard InChI is InChI=1S/C25H30N2O3/c1-17-6-11-22-20(16-30-25(22)18(17)2)14-24(28)26-15-23(27-12-4-5-13-27)19-7-9-21(29-3)10-8-19/h6-11,16,23H,4-5,12-15H2,1-3H3,(H,26,28)/p+1/t23-/m1/s1. The summed E-state index contributed by atoms with van der Waals surface area (Å²) in [5, 5.41) is 4.22. The Morgan fingerprint density at radius 1 is 1.13 bits per heavy atom. The zero-order valence-corrected chi connectivity index (χ0v) is 18.1. The molecular formula is C25H31N2O3+. The molecule has 1 saturated heterocycles. The summed E-state index contributed by atoms with van der Waals surface area (Å²) in [6.07, 6.45) is 4.55. The number of rotatable bonds is 7. The van der Waals surface area contributed by atoms with Crippen LogP contribution in [0.2, 0.25) is 0 Å². The molecule has 158 valence electrons. The summed E-state index contributed by atoms with van der Waals surface area (Å²) >= 11 is 0. The summed E-state index contributed by atoms with van der Waals surface area (Å²) in [5.41, 5.74) is 5.41. The summed E-state index contributed by atoms with van der Waals surface area (Å²) in [7, 11) is 1.68. The number of likely N-dealkylation sites (tertiary alicyclic amines) is 1. The van der Waals surface area contributed by atoms with E-state index in [1.165, 1.54) is 24.0 Å². The molecule has 2 N–H and O–H groups in total. The minimum Gasteiger partial charge on any atom is -0.497 e. The number of amides is 1. The van der Waals surface area contributed by atoms with Crippen molar-refractivity contribution in [2.24, 2.45) is 0 Å². The molecule has 1 aromatic heterocycles. The normalized spacial score (nSPS) is 15.4. The Hall–Kier alpha value is -2.79. The van der Waals surface area contributed by atoms with E-state index < -0.39 is 0 Å². The number of fused-ring (bicyclic) bond motifs is 1. The van der Waals surface area contributed by atoms with Crippen molar-refractivity contribution in [3.8, 4) is 5.75 Å². The van der Waals surface area contributed by atoms with Crippen molar-refractivity contribution in [3.63, 3.8) is 0 Å². The van der Waals surface area contributed by atoms with E-state index in [2.05, 4.69) is 43.4 Å². The fourth-order valence-electron chi connectivity index (χ4n) is 4.49. The zero-order valence-electron chi connectivity index (χ0n) is 18.1. The molecule has 3 aromatic rings. The molecule has 5 nitrogen and oxygen atoms in total. The van der Waals surface area contributed by atoms with Gasteiger partial charge < -0.3 is 19.4 Å². The topological polar surface area (TPSA) is 55.9 Å². The molecule has 1 aliphatic heterocycles. The number of carbonyl (C=O) groups excluding carboxylic acids is 1. The van der Waals surface area contributed by atoms with Gasteiger partial charge in [0.25, 0.3) is 0 Å². The summed E-state index contributed by atoms with van der Waals surface area (Å²) in [4.78, 5) is 14.3. The molecule has 30 heavy (non-hydrogen) atoms. The van der Waals surface area contributed by atoms with Gasteiger partial charge in [0, 0.05) is 29.4 Å². The van der Waals surface area contributed by atoms with E-state index >= 15 is 0 Å². The highest BCUT2D eigenvalue weighted by Gasteiger charge is 2.28. The lowest BCUT2D eigenvalue weighted by Crippen LogP contribution is -3.11. The van der Waals surface area contributed by atoms with E-state index in [9.17, 15) is 4.79 Å². The molecule has 0 unspecified atom stereocenters. The molecule has 1 fully saturated rings. The monoisotopic (exact) mass is 407 g/mol. The highest BCUT2D eigenvalue weighted by atomic mass is 16.5. The number of benzene rings is 2. The average molecular weight is 408 g/mol. The van der Waals surface area contributed by atoms with E-state index in [0.717, 1.165) is 40.9 Å². The van der Waals surface area contributed by atoms with Crippen molar-refractivity contribution in [2.45, 2.75) is 39.2 Å². The number of methoxy groups -OCH3 is 1. The highest BCUT2D eigenvalue weighted by molar-refractivity contribution is 5.89. The van der Waals surface area contributed by atoms with Crippen LogP contribution in [0.4, 0.5) is 0 Å². The van der Waals surface area contributed by atoms with Crippen LogP contribution in [-0.4, -0.2) is 32.7 Å². The lowest BCUT2D eigenvalue weighted by atomic mass is 10.0. The molecule has 0 radical (unpaired) electrons. The van der Waals surface area contributed by atoms with Crippen LogP contribution in [0.3, 0.4) is 0 Å². The minimum absolute atomic E-state index is 0.0352. The van der Waals surface area contributed by atoms with Crippen LogP contribution >= 0.6 is 0 Å². The molecule has 2 aromatic carbocycles. The van der Waals surface area contributed by atoms with Crippen LogP contribution < -0.4 is 15.0 Å². The molecule has 5 heteroatoms. The first-order chi connectivity index (χ1) is 14.6. The number of ether oxygens (including phenoxy) is 1. The van der Waals surface area contributed by atoms with Gasteiger partial charge in [0.2, 0.25) is 5.91 Å². The van der Waals surface area contributed by atoms with Gasteiger partial charge in [-0.3, -0.25) is 4.79 Å². The second-order valence-electron chi connectivity index (χ2n) is 8.32. The lowest BCUT2D eigenvalue weighted by Gasteiger charge is -2.25. The predicted molar refractivity (Wildman–Crippen MR) is 118 cm³/mol. The number of carbonyl (C=O) groups is 1. The van der Waals surface area contributed by atoms with Gasteiger partial charge in [-0.25, -0.2) is 0 Å². The van der Waals surface area contributed by atoms with E-state index in [0.29, 0.717) is 13.0 Å². The fourth-order valence-corrected chi connectivity index (χ4v) is 4.49. The highest BCUT2D eigenvalue weighted by Crippen LogP contribution is 2.26. The average Bonchev–Trinajstić information content (AvgIpc) is 3.42. The number of furan rings is 1. The first-order valence-electron chi connectivity index (χ1n) is 10.8. The van der Waals surface area contributed by atoms with E-state index in [-0.39, 0.29) is 11.9 Å². The Morgan fingerprint density at radius 3 is 2.57 bits per heavy atom. The molecule has 1 aliphatic rings. The SMILES string of the molecule is COc1ccc([C@@H](CNC(=O)Cc2coc3c(C)c(C)ccc23)[NH+]2CCCC2)cc1. The Morgan fingerprint density at radius 2 is 1.87 bits per heavy atom. The second-order valence-corrected chi connectivity index (χ2v) is 8.32. The van der Waals surface area contributed by atoms with Gasteiger partial charge in [-0.1, -0.05) is 12.1 Å². The van der Waals surface area contributed by atoms with E-state index in [4.69, 9.17) is 9.15 Å². The van der Waals surface area contributed by atoms with Crippen LogP contribution in [0.25, 0.3) is 11.0 Å². The van der Waals surface area contributed by atoms with Crippen molar-refractivity contribution in [1.29, 1.82) is 0 Å². The number of nitrogens with one attached hydrogen (secondary N) is 2. The van der Waals surface area contributed by atoms with Gasteiger partial charge in [0.05, 0.1) is 39.4 Å². The van der Waals surface area contributed by atoms with Crippen LogP contribution in [0, 0.1) is 13.8 Å². The Balaban J connectivity index is 1.45. The Kier molecular flexibility index (Phi) is 6.09. The summed E-state index contributed by atoms with van der Waals surface area (Å²) in [5.74, 6) is 0.892. The molecule has 0 bridgehead atoms. The molecule has 0 aliphatic carbocycles. The van der Waals surface area contributed by atoms with Crippen molar-refractivity contribution < 1.29 is 18.8 Å². The maximum absolute atomic E-state index is 12.8. The molecule has 4 rings (SSSR count). The summed E-state index contributed by atoms with van der Waals surface area (Å²) < 4.78 is 11.1. The van der Waals surface area contributed by atoms with Crippen LogP contribution in [0.15, 0.2) is 47.1 Å². The van der Waals surface area contributed by atoms with Crippen molar-refractivity contribution in [3.05, 3.63) is 64.9 Å².